The molecule has 0 spiro atoms. The smallest absolute Gasteiger partial charge is 0.329 e. The average molecular weight is 266 g/mol. The van der Waals surface area contributed by atoms with Gasteiger partial charge >= 0.3 is 5.97 Å². The summed E-state index contributed by atoms with van der Waals surface area (Å²) in [5, 5.41) is 15.7. The Balaban J connectivity index is 2.16. The number of carbonyl (C=O) groups is 2. The van der Waals surface area contributed by atoms with E-state index in [1.807, 2.05) is 0 Å². The average Bonchev–Trinajstić information content (AvgIpc) is 2.65. The molecule has 1 heterocycles. The van der Waals surface area contributed by atoms with Gasteiger partial charge < -0.3 is 14.9 Å². The molecule has 6 nitrogen and oxygen atoms in total. The highest BCUT2D eigenvalue weighted by molar-refractivity contribution is 5.95. The van der Waals surface area contributed by atoms with Crippen LogP contribution in [0.5, 0.6) is 0 Å². The number of carboxylic acids is 1. The van der Waals surface area contributed by atoms with Crippen LogP contribution in [-0.2, 0) is 4.79 Å². The summed E-state index contributed by atoms with van der Waals surface area (Å²) < 4.78 is 4.87. The molecule has 0 saturated heterocycles. The maximum absolute atomic E-state index is 12.0. The van der Waals surface area contributed by atoms with Gasteiger partial charge in [0.15, 0.2) is 0 Å². The van der Waals surface area contributed by atoms with Gasteiger partial charge in [0.05, 0.1) is 5.69 Å². The number of nitrogens with zero attached hydrogens (tertiary/aromatic N) is 1. The number of carbonyl (C=O) groups excluding carboxylic acids is 1. The molecular formula is C13H18N2O4. The monoisotopic (exact) mass is 266 g/mol. The topological polar surface area (TPSA) is 92.4 Å². The van der Waals surface area contributed by atoms with Gasteiger partial charge in [0.25, 0.3) is 5.91 Å². The van der Waals surface area contributed by atoms with Crippen LogP contribution >= 0.6 is 0 Å². The number of aliphatic carboxylic acids is 1. The molecule has 104 valence electrons. The van der Waals surface area contributed by atoms with Crippen LogP contribution in [0.4, 0.5) is 0 Å². The summed E-state index contributed by atoms with van der Waals surface area (Å²) >= 11 is 0. The molecule has 19 heavy (non-hydrogen) atoms. The van der Waals surface area contributed by atoms with E-state index in [1.165, 1.54) is 6.07 Å². The van der Waals surface area contributed by atoms with Crippen molar-refractivity contribution in [1.82, 2.24) is 10.5 Å². The summed E-state index contributed by atoms with van der Waals surface area (Å²) in [7, 11) is 0. The summed E-state index contributed by atoms with van der Waals surface area (Å²) in [5.41, 5.74) is -0.579. The third kappa shape index (κ3) is 2.94. The maximum atomic E-state index is 12.0. The molecule has 2 rings (SSSR count). The highest BCUT2D eigenvalue weighted by Gasteiger charge is 2.40. The van der Waals surface area contributed by atoms with Crippen molar-refractivity contribution < 1.29 is 19.2 Å². The molecular weight excluding hydrogens is 248 g/mol. The number of aromatic nitrogens is 1. The molecule has 0 unspecified atom stereocenters. The van der Waals surface area contributed by atoms with Crippen molar-refractivity contribution in [3.63, 3.8) is 0 Å². The molecule has 1 aromatic rings. The van der Waals surface area contributed by atoms with Crippen LogP contribution in [0.25, 0.3) is 0 Å². The predicted octanol–water partition coefficient (Wildman–Crippen LogP) is 1.89. The molecule has 0 aromatic carbocycles. The van der Waals surface area contributed by atoms with Crippen molar-refractivity contribution in [2.75, 3.05) is 0 Å². The molecule has 0 radical (unpaired) electrons. The van der Waals surface area contributed by atoms with Crippen LogP contribution < -0.4 is 5.32 Å². The predicted molar refractivity (Wildman–Crippen MR) is 66.8 cm³/mol. The molecule has 2 N–H and O–H groups in total. The van der Waals surface area contributed by atoms with Crippen LogP contribution in [-0.4, -0.2) is 27.7 Å². The Morgan fingerprint density at radius 3 is 2.42 bits per heavy atom. The van der Waals surface area contributed by atoms with Gasteiger partial charge in [-0.15, -0.1) is 0 Å². The van der Waals surface area contributed by atoms with Gasteiger partial charge in [-0.2, -0.15) is 0 Å². The van der Waals surface area contributed by atoms with E-state index in [2.05, 4.69) is 10.5 Å². The molecule has 0 bridgehead atoms. The lowest BCUT2D eigenvalue weighted by atomic mass is 9.90. The number of hydrogen-bond acceptors (Lipinski definition) is 4. The second-order valence-electron chi connectivity index (χ2n) is 5.09. The van der Waals surface area contributed by atoms with Gasteiger partial charge in [-0.3, -0.25) is 4.79 Å². The molecule has 6 heteroatoms. The van der Waals surface area contributed by atoms with Crippen molar-refractivity contribution in [3.05, 3.63) is 17.5 Å². The van der Waals surface area contributed by atoms with Gasteiger partial charge in [-0.25, -0.2) is 4.79 Å². The molecule has 1 saturated carbocycles. The summed E-state index contributed by atoms with van der Waals surface area (Å²) in [4.78, 5) is 23.6. The lowest BCUT2D eigenvalue weighted by molar-refractivity contribution is -0.145. The van der Waals surface area contributed by atoms with E-state index >= 15 is 0 Å². The van der Waals surface area contributed by atoms with E-state index in [0.29, 0.717) is 18.5 Å². The summed E-state index contributed by atoms with van der Waals surface area (Å²) in [6.07, 6.45) is 4.55. The SMILES string of the molecule is Cc1cc(C(=O)NC2(C(=O)O)CCCCCC2)on1. The van der Waals surface area contributed by atoms with Crippen molar-refractivity contribution in [2.45, 2.75) is 51.0 Å². The zero-order valence-electron chi connectivity index (χ0n) is 10.9. The summed E-state index contributed by atoms with van der Waals surface area (Å²) in [5.74, 6) is -1.42. The Bertz CT molecular complexity index is 473. The minimum atomic E-state index is -1.17. The summed E-state index contributed by atoms with van der Waals surface area (Å²) in [6, 6.07) is 1.50. The maximum Gasteiger partial charge on any atom is 0.329 e. The van der Waals surface area contributed by atoms with E-state index in [1.54, 1.807) is 6.92 Å². The molecule has 1 amide bonds. The number of carboxylic acid groups (broad SMARTS) is 1. The largest absolute Gasteiger partial charge is 0.480 e. The Morgan fingerprint density at radius 2 is 1.95 bits per heavy atom. The van der Waals surface area contributed by atoms with Gasteiger partial charge in [-0.1, -0.05) is 30.8 Å². The number of amides is 1. The van der Waals surface area contributed by atoms with Gasteiger partial charge in [-0.05, 0) is 19.8 Å². The zero-order valence-corrected chi connectivity index (χ0v) is 10.9. The van der Waals surface area contributed by atoms with Gasteiger partial charge in [0, 0.05) is 6.07 Å². The normalized spacial score (nSPS) is 18.6. The zero-order chi connectivity index (χ0) is 13.9. The molecule has 0 aliphatic heterocycles. The lowest BCUT2D eigenvalue weighted by Crippen LogP contribution is -2.54. The fourth-order valence-electron chi connectivity index (χ4n) is 2.47. The van der Waals surface area contributed by atoms with Crippen LogP contribution in [0.3, 0.4) is 0 Å². The van der Waals surface area contributed by atoms with Gasteiger partial charge in [0.2, 0.25) is 5.76 Å². The standard InChI is InChI=1S/C13H18N2O4/c1-9-8-10(19-15-9)11(16)14-13(12(17)18)6-4-2-3-5-7-13/h8H,2-7H2,1H3,(H,14,16)(H,17,18). The molecule has 0 atom stereocenters. The fourth-order valence-corrected chi connectivity index (χ4v) is 2.47. The van der Waals surface area contributed by atoms with Crippen molar-refractivity contribution in [1.29, 1.82) is 0 Å². The lowest BCUT2D eigenvalue weighted by Gasteiger charge is -2.28. The first kappa shape index (κ1) is 13.6. The fraction of sp³-hybridized carbons (Fsp3) is 0.615. The van der Waals surface area contributed by atoms with Crippen LogP contribution in [0.15, 0.2) is 10.6 Å². The van der Waals surface area contributed by atoms with E-state index in [-0.39, 0.29) is 5.76 Å². The first-order chi connectivity index (χ1) is 9.03. The minimum absolute atomic E-state index is 0.0578. The Kier molecular flexibility index (Phi) is 3.87. The first-order valence-electron chi connectivity index (χ1n) is 6.53. The third-order valence-electron chi connectivity index (χ3n) is 3.57. The van der Waals surface area contributed by atoms with E-state index in [0.717, 1.165) is 25.7 Å². The van der Waals surface area contributed by atoms with Crippen LogP contribution in [0.2, 0.25) is 0 Å². The van der Waals surface area contributed by atoms with E-state index in [4.69, 9.17) is 4.52 Å². The second-order valence-corrected chi connectivity index (χ2v) is 5.09. The highest BCUT2D eigenvalue weighted by Crippen LogP contribution is 2.28. The Labute approximate surface area is 111 Å². The van der Waals surface area contributed by atoms with Gasteiger partial charge in [0.1, 0.15) is 5.54 Å². The minimum Gasteiger partial charge on any atom is -0.480 e. The summed E-state index contributed by atoms with van der Waals surface area (Å²) in [6.45, 7) is 1.71. The second kappa shape index (κ2) is 5.42. The first-order valence-corrected chi connectivity index (χ1v) is 6.53. The number of hydrogen-bond donors (Lipinski definition) is 2. The molecule has 1 aromatic heterocycles. The highest BCUT2D eigenvalue weighted by atomic mass is 16.5. The van der Waals surface area contributed by atoms with Crippen molar-refractivity contribution >= 4 is 11.9 Å². The van der Waals surface area contributed by atoms with E-state index in [9.17, 15) is 14.7 Å². The third-order valence-corrected chi connectivity index (χ3v) is 3.57. The Hall–Kier alpha value is -1.85. The molecule has 1 aliphatic carbocycles. The molecule has 1 aliphatic rings. The molecule has 1 fully saturated rings. The Morgan fingerprint density at radius 1 is 1.32 bits per heavy atom. The number of nitrogens with one attached hydrogen (secondary N) is 1. The quantitative estimate of drug-likeness (QED) is 0.815. The van der Waals surface area contributed by atoms with Crippen molar-refractivity contribution in [3.8, 4) is 0 Å². The van der Waals surface area contributed by atoms with E-state index < -0.39 is 17.4 Å². The number of rotatable bonds is 3. The van der Waals surface area contributed by atoms with Crippen LogP contribution in [0.1, 0.15) is 54.8 Å². The van der Waals surface area contributed by atoms with Crippen LogP contribution in [0, 0.1) is 6.92 Å². The van der Waals surface area contributed by atoms with Crippen molar-refractivity contribution in [2.24, 2.45) is 0 Å². The number of aryl methyl sites for hydroxylation is 1.